The van der Waals surface area contributed by atoms with Crippen molar-refractivity contribution in [2.45, 2.75) is 19.3 Å². The minimum absolute atomic E-state index is 0.611. The Kier molecular flexibility index (Phi) is 10.2. The van der Waals surface area contributed by atoms with Gasteiger partial charge >= 0.3 is 0 Å². The van der Waals surface area contributed by atoms with Gasteiger partial charge < -0.3 is 4.90 Å². The molecule has 0 N–H and O–H groups in total. The van der Waals surface area contributed by atoms with E-state index >= 15 is 0 Å². The third kappa shape index (κ3) is 7.58. The molecule has 1 nitrogen and oxygen atoms in total. The second-order valence-electron chi connectivity index (χ2n) is 16.6. The second kappa shape index (κ2) is 16.9. The Morgan fingerprint density at radius 3 is 1.65 bits per heavy atom. The molecule has 0 bridgehead atoms. The van der Waals surface area contributed by atoms with E-state index in [1.54, 1.807) is 0 Å². The molecule has 1 heteroatoms. The van der Waals surface area contributed by atoms with E-state index in [4.69, 9.17) is 0 Å². The van der Waals surface area contributed by atoms with Gasteiger partial charge in [0.1, 0.15) is 0 Å². The topological polar surface area (TPSA) is 3.24 Å². The zero-order chi connectivity index (χ0) is 42.0. The van der Waals surface area contributed by atoms with Gasteiger partial charge in [0.2, 0.25) is 0 Å². The van der Waals surface area contributed by atoms with Crippen molar-refractivity contribution in [2.24, 2.45) is 5.92 Å². The van der Waals surface area contributed by atoms with Gasteiger partial charge in [-0.3, -0.25) is 0 Å². The SMILES string of the molecule is c1ccc2cccc(-c3ccc(N(c4ccc(C5=C6C=CCCC6CC=C5)cc4)c4ccc(-c5ccc(-c6ccc(-c7ccccc7)cc6)cc5)c(-c5ccccc5)c4)cc3)c2c#1. The van der Waals surface area contributed by atoms with Crippen molar-refractivity contribution < 1.29 is 0 Å². The molecule has 0 spiro atoms. The minimum Gasteiger partial charge on any atom is -0.310 e. The monoisotopic (exact) mass is 803 g/mol. The molecule has 11 rings (SSSR count). The number of nitrogens with zero attached hydrogens (tertiary/aromatic N) is 1. The molecule has 298 valence electrons. The summed E-state index contributed by atoms with van der Waals surface area (Å²) in [5.74, 6) is 0.611. The highest BCUT2D eigenvalue weighted by Crippen LogP contribution is 2.43. The van der Waals surface area contributed by atoms with Crippen molar-refractivity contribution in [1.29, 1.82) is 0 Å². The Morgan fingerprint density at radius 2 is 0.968 bits per heavy atom. The summed E-state index contributed by atoms with van der Waals surface area (Å²) in [5.41, 5.74) is 19.3. The van der Waals surface area contributed by atoms with Crippen molar-refractivity contribution in [3.05, 3.63) is 254 Å². The van der Waals surface area contributed by atoms with E-state index in [1.165, 1.54) is 67.6 Å². The maximum absolute atomic E-state index is 3.37. The largest absolute Gasteiger partial charge is 0.310 e. The summed E-state index contributed by atoms with van der Waals surface area (Å²) >= 11 is 0. The van der Waals surface area contributed by atoms with Crippen LogP contribution in [-0.2, 0) is 0 Å². The number of benzene rings is 8. The predicted octanol–water partition coefficient (Wildman–Crippen LogP) is 16.9. The van der Waals surface area contributed by atoms with Gasteiger partial charge in [-0.1, -0.05) is 194 Å². The molecule has 1 unspecified atom stereocenters. The first-order valence-corrected chi connectivity index (χ1v) is 22.1. The fourth-order valence-electron chi connectivity index (χ4n) is 9.53. The summed E-state index contributed by atoms with van der Waals surface area (Å²) in [6.45, 7) is 0. The van der Waals surface area contributed by atoms with E-state index in [9.17, 15) is 0 Å². The highest BCUT2D eigenvalue weighted by atomic mass is 15.1. The molecule has 0 saturated heterocycles. The maximum Gasteiger partial charge on any atom is 0.0468 e. The van der Waals surface area contributed by atoms with E-state index in [0.29, 0.717) is 5.92 Å². The molecule has 9 aromatic rings. The lowest BCUT2D eigenvalue weighted by Crippen LogP contribution is -2.11. The molecular weight excluding hydrogens is 759 g/mol. The lowest BCUT2D eigenvalue weighted by Gasteiger charge is -2.28. The fourth-order valence-corrected chi connectivity index (χ4v) is 9.53. The number of anilines is 3. The summed E-state index contributed by atoms with van der Waals surface area (Å²) in [6.07, 6.45) is 12.9. The summed E-state index contributed by atoms with van der Waals surface area (Å²) < 4.78 is 0. The Balaban J connectivity index is 0.988. The van der Waals surface area contributed by atoms with Gasteiger partial charge in [0.25, 0.3) is 0 Å². The molecule has 0 amide bonds. The molecule has 9 aromatic carbocycles. The molecule has 0 aliphatic heterocycles. The van der Waals surface area contributed by atoms with Gasteiger partial charge in [-0.15, -0.1) is 0 Å². The van der Waals surface area contributed by atoms with E-state index in [0.717, 1.165) is 51.8 Å². The third-order valence-electron chi connectivity index (χ3n) is 12.8. The predicted molar refractivity (Wildman–Crippen MR) is 266 cm³/mol. The number of hydrogen-bond acceptors (Lipinski definition) is 1. The smallest absolute Gasteiger partial charge is 0.0468 e. The van der Waals surface area contributed by atoms with Crippen molar-refractivity contribution in [3.8, 4) is 55.6 Å². The number of allylic oxidation sites excluding steroid dienone is 6. The highest BCUT2D eigenvalue weighted by Gasteiger charge is 2.22. The van der Waals surface area contributed by atoms with Crippen LogP contribution >= 0.6 is 0 Å². The zero-order valence-corrected chi connectivity index (χ0v) is 35.1. The standard InChI is InChI=1S/C62H45N/c1-3-13-44(14-4-1)45-25-27-46(28-26-45)47-29-31-51(32-30-47)61-42-41-56(43-62(61)50-15-5-2-6-16-50)63(54-37-33-52(34-38-54)59-23-11-19-48-17-7-9-21-57(48)59)55-39-35-53(36-40-55)60-24-12-20-49-18-8-10-22-58(49)60/h1-7,10-17,19,22-43,49H,8,18,20H2. The second-order valence-corrected chi connectivity index (χ2v) is 16.6. The van der Waals surface area contributed by atoms with Crippen LogP contribution in [0.25, 0.3) is 72.0 Å². The van der Waals surface area contributed by atoms with Crippen molar-refractivity contribution in [1.82, 2.24) is 0 Å². The normalized spacial score (nSPS) is 14.3. The Bertz CT molecular complexity index is 3130. The van der Waals surface area contributed by atoms with Crippen LogP contribution in [0.3, 0.4) is 0 Å². The molecule has 0 fully saturated rings. The first kappa shape index (κ1) is 38.0. The van der Waals surface area contributed by atoms with E-state index < -0.39 is 0 Å². The van der Waals surface area contributed by atoms with Gasteiger partial charge in [0.05, 0.1) is 0 Å². The average molecular weight is 804 g/mol. The summed E-state index contributed by atoms with van der Waals surface area (Å²) in [4.78, 5) is 2.40. The molecule has 0 saturated carbocycles. The van der Waals surface area contributed by atoms with E-state index in [1.807, 2.05) is 6.07 Å². The van der Waals surface area contributed by atoms with Crippen LogP contribution in [0.15, 0.2) is 236 Å². The Morgan fingerprint density at radius 1 is 0.413 bits per heavy atom. The average Bonchev–Trinajstić information content (AvgIpc) is 3.37. The third-order valence-corrected chi connectivity index (χ3v) is 12.8. The first-order valence-electron chi connectivity index (χ1n) is 22.1. The lowest BCUT2D eigenvalue weighted by molar-refractivity contribution is 0.568. The summed E-state index contributed by atoms with van der Waals surface area (Å²) in [7, 11) is 0. The van der Waals surface area contributed by atoms with Gasteiger partial charge in [-0.05, 0) is 151 Å². The number of rotatable bonds is 9. The quantitative estimate of drug-likeness (QED) is 0.140. The lowest BCUT2D eigenvalue weighted by atomic mass is 9.79. The fraction of sp³-hybridized carbons (Fsp3) is 0.0645. The van der Waals surface area contributed by atoms with Crippen LogP contribution in [0.5, 0.6) is 0 Å². The first-order chi connectivity index (χ1) is 31.2. The van der Waals surface area contributed by atoms with Crippen LogP contribution in [0.1, 0.15) is 24.8 Å². The van der Waals surface area contributed by atoms with E-state index in [-0.39, 0.29) is 0 Å². The molecule has 0 radical (unpaired) electrons. The summed E-state index contributed by atoms with van der Waals surface area (Å²) in [6, 6.07) is 81.4. The molecule has 2 aliphatic rings. The van der Waals surface area contributed by atoms with E-state index in [2.05, 4.69) is 242 Å². The van der Waals surface area contributed by atoms with Crippen molar-refractivity contribution >= 4 is 33.4 Å². The van der Waals surface area contributed by atoms with Gasteiger partial charge in [0, 0.05) is 22.4 Å². The maximum atomic E-state index is 3.37. The van der Waals surface area contributed by atoms with Crippen LogP contribution in [0, 0.1) is 18.1 Å². The van der Waals surface area contributed by atoms with Gasteiger partial charge in [0.15, 0.2) is 0 Å². The number of hydrogen-bond donors (Lipinski definition) is 0. The van der Waals surface area contributed by atoms with Gasteiger partial charge in [-0.25, -0.2) is 0 Å². The minimum atomic E-state index is 0.611. The highest BCUT2D eigenvalue weighted by molar-refractivity contribution is 5.96. The zero-order valence-electron chi connectivity index (χ0n) is 35.1. The van der Waals surface area contributed by atoms with Gasteiger partial charge in [-0.2, -0.15) is 0 Å². The van der Waals surface area contributed by atoms with Crippen LogP contribution < -0.4 is 4.90 Å². The molecule has 1 atom stereocenters. The van der Waals surface area contributed by atoms with Crippen molar-refractivity contribution in [2.75, 3.05) is 4.90 Å². The molecular formula is C62H45N. The Hall–Kier alpha value is -7.92. The molecule has 63 heavy (non-hydrogen) atoms. The van der Waals surface area contributed by atoms with Crippen LogP contribution in [0.2, 0.25) is 0 Å². The Labute approximate surface area is 371 Å². The molecule has 0 aromatic heterocycles. The molecule has 0 heterocycles. The number of fused-ring (bicyclic) bond motifs is 2. The van der Waals surface area contributed by atoms with Crippen molar-refractivity contribution in [3.63, 3.8) is 0 Å². The van der Waals surface area contributed by atoms with Crippen LogP contribution in [0.4, 0.5) is 17.1 Å². The molecule has 2 aliphatic carbocycles. The summed E-state index contributed by atoms with van der Waals surface area (Å²) in [5, 5.41) is 2.25. The van der Waals surface area contributed by atoms with Crippen LogP contribution in [-0.4, -0.2) is 0 Å².